The zero-order chi connectivity index (χ0) is 21.5. The van der Waals surface area contributed by atoms with Crippen LogP contribution in [0.1, 0.15) is 48.1 Å². The van der Waals surface area contributed by atoms with Crippen LogP contribution in [0.5, 0.6) is 0 Å². The van der Waals surface area contributed by atoms with Crippen LogP contribution < -0.4 is 10.6 Å². The van der Waals surface area contributed by atoms with Gasteiger partial charge in [-0.15, -0.1) is 0 Å². The molecule has 158 valence electrons. The van der Waals surface area contributed by atoms with Gasteiger partial charge in [0.2, 0.25) is 11.8 Å². The smallest absolute Gasteiger partial charge is 0.253 e. The maximum Gasteiger partial charge on any atom is 0.253 e. The molecule has 2 aromatic rings. The second kappa shape index (κ2) is 10.2. The molecule has 3 rings (SSSR count). The Morgan fingerprint density at radius 1 is 1.10 bits per heavy atom. The van der Waals surface area contributed by atoms with Crippen LogP contribution in [0.2, 0.25) is 5.02 Å². The van der Waals surface area contributed by atoms with Crippen molar-refractivity contribution < 1.29 is 14.4 Å². The Hall–Kier alpha value is -2.93. The van der Waals surface area contributed by atoms with E-state index in [0.717, 1.165) is 5.56 Å². The molecule has 1 saturated heterocycles. The number of hydrogen-bond acceptors (Lipinski definition) is 4. The standard InChI is InChI=1S/C22H25ClN4O3/c1-15(28)25-20(16-2-4-18(23)5-3-16)14-21(29)26-19-8-12-27(13-9-19)22(30)17-6-10-24-11-7-17/h2-7,10-11,19-20H,8-9,12-14H2,1H3,(H,25,28)(H,26,29). The van der Waals surface area contributed by atoms with Crippen LogP contribution in [0.15, 0.2) is 48.8 Å². The Bertz CT molecular complexity index is 881. The molecule has 1 aliphatic rings. The van der Waals surface area contributed by atoms with E-state index in [4.69, 9.17) is 11.6 Å². The van der Waals surface area contributed by atoms with Crippen LogP contribution in [0.4, 0.5) is 0 Å². The summed E-state index contributed by atoms with van der Waals surface area (Å²) in [6.07, 6.45) is 4.72. The number of nitrogens with one attached hydrogen (secondary N) is 2. The summed E-state index contributed by atoms with van der Waals surface area (Å²) < 4.78 is 0. The Kier molecular flexibility index (Phi) is 7.41. The fourth-order valence-electron chi connectivity index (χ4n) is 3.57. The van der Waals surface area contributed by atoms with Crippen LogP contribution in [0.25, 0.3) is 0 Å². The lowest BCUT2D eigenvalue weighted by Gasteiger charge is -2.32. The van der Waals surface area contributed by atoms with Crippen LogP contribution in [-0.4, -0.2) is 46.7 Å². The second-order valence-electron chi connectivity index (χ2n) is 7.38. The van der Waals surface area contributed by atoms with E-state index in [9.17, 15) is 14.4 Å². The highest BCUT2D eigenvalue weighted by atomic mass is 35.5. The van der Waals surface area contributed by atoms with Crippen molar-refractivity contribution in [1.82, 2.24) is 20.5 Å². The molecule has 0 aliphatic carbocycles. The predicted octanol–water partition coefficient (Wildman–Crippen LogP) is 2.72. The Morgan fingerprint density at radius 3 is 2.33 bits per heavy atom. The van der Waals surface area contributed by atoms with E-state index in [2.05, 4.69) is 15.6 Å². The largest absolute Gasteiger partial charge is 0.353 e. The normalized spacial score (nSPS) is 15.3. The van der Waals surface area contributed by atoms with E-state index in [1.807, 2.05) is 0 Å². The predicted molar refractivity (Wildman–Crippen MR) is 114 cm³/mol. The molecule has 8 heteroatoms. The summed E-state index contributed by atoms with van der Waals surface area (Å²) in [6.45, 7) is 2.59. The molecule has 1 unspecified atom stereocenters. The minimum absolute atomic E-state index is 0.00202. The number of pyridine rings is 1. The minimum Gasteiger partial charge on any atom is -0.353 e. The van der Waals surface area contributed by atoms with E-state index in [1.165, 1.54) is 6.92 Å². The van der Waals surface area contributed by atoms with Crippen LogP contribution in [0, 0.1) is 0 Å². The molecule has 1 fully saturated rings. The first-order valence-corrected chi connectivity index (χ1v) is 10.3. The monoisotopic (exact) mass is 428 g/mol. The topological polar surface area (TPSA) is 91.4 Å². The maximum absolute atomic E-state index is 12.6. The molecule has 0 radical (unpaired) electrons. The number of halogens is 1. The molecule has 30 heavy (non-hydrogen) atoms. The van der Waals surface area contributed by atoms with Crippen molar-refractivity contribution >= 4 is 29.3 Å². The number of piperidine rings is 1. The zero-order valence-electron chi connectivity index (χ0n) is 16.8. The van der Waals surface area contributed by atoms with E-state index in [0.29, 0.717) is 36.5 Å². The average molecular weight is 429 g/mol. The Labute approximate surface area is 180 Å². The molecule has 1 aliphatic heterocycles. The molecular formula is C22H25ClN4O3. The van der Waals surface area contributed by atoms with Gasteiger partial charge in [-0.05, 0) is 42.7 Å². The molecule has 3 amide bonds. The zero-order valence-corrected chi connectivity index (χ0v) is 17.6. The van der Waals surface area contributed by atoms with Crippen molar-refractivity contribution in [3.05, 3.63) is 64.9 Å². The van der Waals surface area contributed by atoms with Gasteiger partial charge < -0.3 is 15.5 Å². The first kappa shape index (κ1) is 21.8. The third kappa shape index (κ3) is 6.03. The number of likely N-dealkylation sites (tertiary alicyclic amines) is 1. The van der Waals surface area contributed by atoms with Gasteiger partial charge in [-0.3, -0.25) is 19.4 Å². The van der Waals surface area contributed by atoms with Gasteiger partial charge in [0.15, 0.2) is 0 Å². The molecule has 0 bridgehead atoms. The van der Waals surface area contributed by atoms with Gasteiger partial charge in [0.25, 0.3) is 5.91 Å². The molecule has 1 aromatic carbocycles. The van der Waals surface area contributed by atoms with Crippen molar-refractivity contribution in [2.24, 2.45) is 0 Å². The molecular weight excluding hydrogens is 404 g/mol. The van der Waals surface area contributed by atoms with Gasteiger partial charge in [0, 0.05) is 49.0 Å². The van der Waals surface area contributed by atoms with E-state index in [-0.39, 0.29) is 30.2 Å². The molecule has 2 N–H and O–H groups in total. The molecule has 1 aromatic heterocycles. The summed E-state index contributed by atoms with van der Waals surface area (Å²) in [5.41, 5.74) is 1.44. The third-order valence-corrected chi connectivity index (χ3v) is 5.37. The van der Waals surface area contributed by atoms with Gasteiger partial charge >= 0.3 is 0 Å². The quantitative estimate of drug-likeness (QED) is 0.740. The van der Waals surface area contributed by atoms with Crippen molar-refractivity contribution in [1.29, 1.82) is 0 Å². The molecule has 1 atom stereocenters. The highest BCUT2D eigenvalue weighted by molar-refractivity contribution is 6.30. The molecule has 7 nitrogen and oxygen atoms in total. The van der Waals surface area contributed by atoms with Crippen molar-refractivity contribution in [2.45, 2.75) is 38.3 Å². The lowest BCUT2D eigenvalue weighted by Crippen LogP contribution is -2.47. The van der Waals surface area contributed by atoms with Gasteiger partial charge in [-0.25, -0.2) is 0 Å². The van der Waals surface area contributed by atoms with Crippen molar-refractivity contribution in [3.63, 3.8) is 0 Å². The number of amides is 3. The summed E-state index contributed by atoms with van der Waals surface area (Å²) in [7, 11) is 0. The molecule has 0 spiro atoms. The number of nitrogens with zero attached hydrogens (tertiary/aromatic N) is 2. The van der Waals surface area contributed by atoms with Crippen LogP contribution in [0.3, 0.4) is 0 Å². The molecule has 0 saturated carbocycles. The third-order valence-electron chi connectivity index (χ3n) is 5.11. The number of carbonyl (C=O) groups is 3. The maximum atomic E-state index is 12.6. The summed E-state index contributed by atoms with van der Waals surface area (Å²) in [5, 5.41) is 6.46. The Morgan fingerprint density at radius 2 is 1.73 bits per heavy atom. The second-order valence-corrected chi connectivity index (χ2v) is 7.82. The summed E-state index contributed by atoms with van der Waals surface area (Å²) in [4.78, 5) is 42.4. The number of hydrogen-bond donors (Lipinski definition) is 2. The summed E-state index contributed by atoms with van der Waals surface area (Å²) in [5.74, 6) is -0.357. The van der Waals surface area contributed by atoms with Gasteiger partial charge in [-0.2, -0.15) is 0 Å². The lowest BCUT2D eigenvalue weighted by molar-refractivity contribution is -0.123. The van der Waals surface area contributed by atoms with Crippen LogP contribution >= 0.6 is 11.6 Å². The SMILES string of the molecule is CC(=O)NC(CC(=O)NC1CCN(C(=O)c2ccncc2)CC1)c1ccc(Cl)cc1. The highest BCUT2D eigenvalue weighted by Gasteiger charge is 2.25. The lowest BCUT2D eigenvalue weighted by atomic mass is 10.0. The van der Waals surface area contributed by atoms with Gasteiger partial charge in [0.05, 0.1) is 12.5 Å². The number of rotatable bonds is 6. The van der Waals surface area contributed by atoms with Crippen molar-refractivity contribution in [2.75, 3.05) is 13.1 Å². The highest BCUT2D eigenvalue weighted by Crippen LogP contribution is 2.20. The fraction of sp³-hybridized carbons (Fsp3) is 0.364. The average Bonchev–Trinajstić information content (AvgIpc) is 2.74. The molecule has 2 heterocycles. The first-order valence-electron chi connectivity index (χ1n) is 9.93. The van der Waals surface area contributed by atoms with E-state index < -0.39 is 6.04 Å². The summed E-state index contributed by atoms with van der Waals surface area (Å²) in [6, 6.07) is 10.1. The number of benzene rings is 1. The van der Waals surface area contributed by atoms with Gasteiger partial charge in [-0.1, -0.05) is 23.7 Å². The van der Waals surface area contributed by atoms with E-state index >= 15 is 0 Å². The number of carbonyl (C=O) groups excluding carboxylic acids is 3. The Balaban J connectivity index is 1.52. The van der Waals surface area contributed by atoms with Crippen molar-refractivity contribution in [3.8, 4) is 0 Å². The number of aromatic nitrogens is 1. The minimum atomic E-state index is -0.423. The van der Waals surface area contributed by atoms with Crippen LogP contribution in [-0.2, 0) is 9.59 Å². The van der Waals surface area contributed by atoms with E-state index in [1.54, 1.807) is 53.7 Å². The first-order chi connectivity index (χ1) is 14.4. The summed E-state index contributed by atoms with van der Waals surface area (Å²) >= 11 is 5.93. The fourth-order valence-corrected chi connectivity index (χ4v) is 3.69. The van der Waals surface area contributed by atoms with Gasteiger partial charge in [0.1, 0.15) is 0 Å².